The van der Waals surface area contributed by atoms with Crippen molar-refractivity contribution < 1.29 is 4.39 Å². The Bertz CT molecular complexity index is 522. The summed E-state index contributed by atoms with van der Waals surface area (Å²) < 4.78 is 13.7. The Balaban J connectivity index is 2.17. The first kappa shape index (κ1) is 12.2. The molecule has 1 unspecified atom stereocenters. The second-order valence-electron chi connectivity index (χ2n) is 4.19. The molecule has 4 heteroatoms. The summed E-state index contributed by atoms with van der Waals surface area (Å²) in [5.41, 5.74) is 8.40. The summed E-state index contributed by atoms with van der Waals surface area (Å²) in [6.07, 6.45) is 0.574. The highest BCUT2D eigenvalue weighted by atomic mass is 32.1. The number of rotatable bonds is 3. The molecule has 0 aliphatic rings. The Morgan fingerprint density at radius 2 is 2.18 bits per heavy atom. The summed E-state index contributed by atoms with van der Waals surface area (Å²) in [5, 5.41) is 2.98. The number of thiazole rings is 1. The Labute approximate surface area is 104 Å². The fourth-order valence-electron chi connectivity index (χ4n) is 1.77. The van der Waals surface area contributed by atoms with Crippen molar-refractivity contribution in [2.24, 2.45) is 5.73 Å². The SMILES string of the molecule is Cc1ccc(C(N)Cc2csc(C)n2)c(F)c1. The van der Waals surface area contributed by atoms with Crippen LogP contribution in [0.2, 0.25) is 0 Å². The van der Waals surface area contributed by atoms with Gasteiger partial charge in [0.1, 0.15) is 5.82 Å². The van der Waals surface area contributed by atoms with Crippen molar-refractivity contribution in [1.82, 2.24) is 4.98 Å². The molecule has 0 aliphatic carbocycles. The van der Waals surface area contributed by atoms with Gasteiger partial charge in [-0.25, -0.2) is 9.37 Å². The quantitative estimate of drug-likeness (QED) is 0.909. The molecular formula is C13H15FN2S. The Morgan fingerprint density at radius 1 is 1.41 bits per heavy atom. The van der Waals surface area contributed by atoms with E-state index in [9.17, 15) is 4.39 Å². The largest absolute Gasteiger partial charge is 0.324 e. The van der Waals surface area contributed by atoms with Crippen LogP contribution in [0.1, 0.15) is 27.9 Å². The van der Waals surface area contributed by atoms with Crippen molar-refractivity contribution >= 4 is 11.3 Å². The third-order valence-corrected chi connectivity index (χ3v) is 3.47. The van der Waals surface area contributed by atoms with Gasteiger partial charge < -0.3 is 5.73 Å². The van der Waals surface area contributed by atoms with Gasteiger partial charge in [0.25, 0.3) is 0 Å². The third kappa shape index (κ3) is 2.90. The molecule has 17 heavy (non-hydrogen) atoms. The second-order valence-corrected chi connectivity index (χ2v) is 5.26. The zero-order chi connectivity index (χ0) is 12.4. The zero-order valence-electron chi connectivity index (χ0n) is 9.90. The van der Waals surface area contributed by atoms with Crippen LogP contribution in [-0.2, 0) is 6.42 Å². The van der Waals surface area contributed by atoms with E-state index in [1.54, 1.807) is 17.4 Å². The van der Waals surface area contributed by atoms with Crippen LogP contribution in [0.3, 0.4) is 0 Å². The molecule has 0 radical (unpaired) electrons. The predicted octanol–water partition coefficient (Wildman–Crippen LogP) is 3.14. The number of aryl methyl sites for hydroxylation is 2. The summed E-state index contributed by atoms with van der Waals surface area (Å²) in [7, 11) is 0. The Morgan fingerprint density at radius 3 is 2.76 bits per heavy atom. The van der Waals surface area contributed by atoms with E-state index in [4.69, 9.17) is 5.73 Å². The number of hydrogen-bond acceptors (Lipinski definition) is 3. The van der Waals surface area contributed by atoms with Crippen molar-refractivity contribution in [3.05, 3.63) is 51.2 Å². The minimum Gasteiger partial charge on any atom is -0.324 e. The second kappa shape index (κ2) is 4.94. The van der Waals surface area contributed by atoms with Gasteiger partial charge in [-0.1, -0.05) is 12.1 Å². The molecule has 1 aromatic heterocycles. The minimum absolute atomic E-state index is 0.232. The summed E-state index contributed by atoms with van der Waals surface area (Å²) in [5.74, 6) is -0.232. The molecular weight excluding hydrogens is 235 g/mol. The van der Waals surface area contributed by atoms with Crippen LogP contribution in [0, 0.1) is 19.7 Å². The molecule has 2 aromatic rings. The van der Waals surface area contributed by atoms with Crippen molar-refractivity contribution in [1.29, 1.82) is 0 Å². The Hall–Kier alpha value is -1.26. The Kier molecular flexibility index (Phi) is 3.54. The first-order valence-corrected chi connectivity index (χ1v) is 6.37. The maximum absolute atomic E-state index is 13.7. The van der Waals surface area contributed by atoms with Gasteiger partial charge in [0.2, 0.25) is 0 Å². The lowest BCUT2D eigenvalue weighted by Gasteiger charge is -2.12. The van der Waals surface area contributed by atoms with Crippen LogP contribution in [0.25, 0.3) is 0 Å². The molecule has 2 rings (SSSR count). The fraction of sp³-hybridized carbons (Fsp3) is 0.308. The average molecular weight is 250 g/mol. The molecule has 1 aromatic carbocycles. The van der Waals surface area contributed by atoms with E-state index in [-0.39, 0.29) is 11.9 Å². The topological polar surface area (TPSA) is 38.9 Å². The van der Waals surface area contributed by atoms with E-state index in [1.807, 2.05) is 25.3 Å². The maximum atomic E-state index is 13.7. The van der Waals surface area contributed by atoms with Crippen LogP contribution < -0.4 is 5.73 Å². The van der Waals surface area contributed by atoms with Gasteiger partial charge in [-0.05, 0) is 25.5 Å². The summed E-state index contributed by atoms with van der Waals surface area (Å²) in [4.78, 5) is 4.34. The van der Waals surface area contributed by atoms with E-state index >= 15 is 0 Å². The molecule has 0 fully saturated rings. The summed E-state index contributed by atoms with van der Waals surface area (Å²) >= 11 is 1.59. The standard InChI is InChI=1S/C13H15FN2S/c1-8-3-4-11(12(14)5-8)13(15)6-10-7-17-9(2)16-10/h3-5,7,13H,6,15H2,1-2H3. The molecule has 0 amide bonds. The zero-order valence-corrected chi connectivity index (χ0v) is 10.7. The lowest BCUT2D eigenvalue weighted by atomic mass is 10.0. The number of halogens is 1. The molecule has 90 valence electrons. The van der Waals surface area contributed by atoms with Crippen molar-refractivity contribution in [2.75, 3.05) is 0 Å². The van der Waals surface area contributed by atoms with Crippen LogP contribution in [0.4, 0.5) is 4.39 Å². The number of nitrogens with zero attached hydrogens (tertiary/aromatic N) is 1. The van der Waals surface area contributed by atoms with E-state index in [0.717, 1.165) is 16.3 Å². The van der Waals surface area contributed by atoms with Crippen LogP contribution in [0.15, 0.2) is 23.6 Å². The van der Waals surface area contributed by atoms with Gasteiger partial charge in [-0.3, -0.25) is 0 Å². The van der Waals surface area contributed by atoms with Gasteiger partial charge in [-0.2, -0.15) is 0 Å². The molecule has 0 saturated heterocycles. The van der Waals surface area contributed by atoms with E-state index in [2.05, 4.69) is 4.98 Å². The lowest BCUT2D eigenvalue weighted by molar-refractivity contribution is 0.577. The molecule has 0 spiro atoms. The van der Waals surface area contributed by atoms with Crippen LogP contribution in [0.5, 0.6) is 0 Å². The fourth-order valence-corrected chi connectivity index (χ4v) is 2.40. The highest BCUT2D eigenvalue weighted by Gasteiger charge is 2.13. The van der Waals surface area contributed by atoms with E-state index in [1.165, 1.54) is 6.07 Å². The third-order valence-electron chi connectivity index (χ3n) is 2.65. The maximum Gasteiger partial charge on any atom is 0.128 e. The van der Waals surface area contributed by atoms with Crippen molar-refractivity contribution in [3.8, 4) is 0 Å². The van der Waals surface area contributed by atoms with Gasteiger partial charge >= 0.3 is 0 Å². The van der Waals surface area contributed by atoms with Crippen LogP contribution >= 0.6 is 11.3 Å². The molecule has 0 aliphatic heterocycles. The first-order chi connectivity index (χ1) is 8.06. The minimum atomic E-state index is -0.336. The lowest BCUT2D eigenvalue weighted by Crippen LogP contribution is -2.15. The van der Waals surface area contributed by atoms with E-state index in [0.29, 0.717) is 12.0 Å². The number of nitrogens with two attached hydrogens (primary N) is 1. The van der Waals surface area contributed by atoms with Gasteiger partial charge in [0, 0.05) is 23.4 Å². The summed E-state index contributed by atoms with van der Waals surface area (Å²) in [6.45, 7) is 3.81. The number of hydrogen-bond donors (Lipinski definition) is 1. The predicted molar refractivity (Wildman–Crippen MR) is 68.6 cm³/mol. The number of benzene rings is 1. The highest BCUT2D eigenvalue weighted by molar-refractivity contribution is 7.09. The molecule has 2 N–H and O–H groups in total. The molecule has 2 nitrogen and oxygen atoms in total. The molecule has 1 heterocycles. The van der Waals surface area contributed by atoms with Gasteiger partial charge in [0.05, 0.1) is 10.7 Å². The van der Waals surface area contributed by atoms with Gasteiger partial charge in [0.15, 0.2) is 0 Å². The highest BCUT2D eigenvalue weighted by Crippen LogP contribution is 2.21. The van der Waals surface area contributed by atoms with Crippen LogP contribution in [-0.4, -0.2) is 4.98 Å². The smallest absolute Gasteiger partial charge is 0.128 e. The normalized spacial score (nSPS) is 12.7. The monoisotopic (exact) mass is 250 g/mol. The first-order valence-electron chi connectivity index (χ1n) is 5.49. The molecule has 0 saturated carbocycles. The van der Waals surface area contributed by atoms with Crippen molar-refractivity contribution in [3.63, 3.8) is 0 Å². The van der Waals surface area contributed by atoms with Gasteiger partial charge in [-0.15, -0.1) is 11.3 Å². The summed E-state index contributed by atoms with van der Waals surface area (Å²) in [6, 6.07) is 4.82. The molecule has 1 atom stereocenters. The average Bonchev–Trinajstić information content (AvgIpc) is 2.63. The molecule has 0 bridgehead atoms. The van der Waals surface area contributed by atoms with E-state index < -0.39 is 0 Å². The number of aromatic nitrogens is 1. The van der Waals surface area contributed by atoms with Crippen molar-refractivity contribution in [2.45, 2.75) is 26.3 Å².